The van der Waals surface area contributed by atoms with E-state index < -0.39 is 0 Å². The van der Waals surface area contributed by atoms with Gasteiger partial charge in [0.25, 0.3) is 0 Å². The third kappa shape index (κ3) is 2.29. The highest BCUT2D eigenvalue weighted by Gasteiger charge is 2.50. The van der Waals surface area contributed by atoms with Crippen molar-refractivity contribution in [2.24, 2.45) is 18.9 Å². The summed E-state index contributed by atoms with van der Waals surface area (Å²) in [6.07, 6.45) is 7.73. The van der Waals surface area contributed by atoms with E-state index in [4.69, 9.17) is 0 Å². The van der Waals surface area contributed by atoms with Gasteiger partial charge in [0.2, 0.25) is 0 Å². The predicted octanol–water partition coefficient (Wildman–Crippen LogP) is 1.77. The van der Waals surface area contributed by atoms with E-state index in [-0.39, 0.29) is 0 Å². The molecule has 20 heavy (non-hydrogen) atoms. The Balaban J connectivity index is 1.53. The summed E-state index contributed by atoms with van der Waals surface area (Å²) in [5, 5.41) is 8.44. The van der Waals surface area contributed by atoms with Crippen LogP contribution in [0.1, 0.15) is 38.3 Å². The monoisotopic (exact) mass is 274 g/mol. The van der Waals surface area contributed by atoms with Crippen molar-refractivity contribution in [2.75, 3.05) is 13.1 Å². The summed E-state index contributed by atoms with van der Waals surface area (Å²) in [6, 6.07) is 2.88. The van der Waals surface area contributed by atoms with Crippen molar-refractivity contribution in [3.05, 3.63) is 18.0 Å². The molecule has 4 rings (SSSR count). The molecule has 2 atom stereocenters. The maximum absolute atomic E-state index is 4.59. The van der Waals surface area contributed by atoms with Crippen molar-refractivity contribution < 1.29 is 0 Å². The molecule has 0 bridgehead atoms. The van der Waals surface area contributed by atoms with Gasteiger partial charge in [0, 0.05) is 44.5 Å². The second kappa shape index (κ2) is 4.57. The Hall–Kier alpha value is -0.870. The van der Waals surface area contributed by atoms with Crippen LogP contribution in [0.15, 0.2) is 12.3 Å². The van der Waals surface area contributed by atoms with Crippen molar-refractivity contribution in [2.45, 2.75) is 50.7 Å². The third-order valence-electron chi connectivity index (χ3n) is 5.63. The average Bonchev–Trinajstić information content (AvgIpc) is 3.31. The molecule has 2 unspecified atom stereocenters. The first-order chi connectivity index (χ1) is 9.65. The smallest absolute Gasteiger partial charge is 0.0764 e. The maximum Gasteiger partial charge on any atom is 0.0764 e. The van der Waals surface area contributed by atoms with Crippen LogP contribution in [0.4, 0.5) is 0 Å². The summed E-state index contributed by atoms with van der Waals surface area (Å²) in [4.78, 5) is 2.73. The Morgan fingerprint density at radius 3 is 2.75 bits per heavy atom. The van der Waals surface area contributed by atoms with E-state index in [1.54, 1.807) is 0 Å². The summed E-state index contributed by atoms with van der Waals surface area (Å²) in [7, 11) is 2.01. The first kappa shape index (κ1) is 12.8. The number of hydrogen-bond donors (Lipinski definition) is 1. The first-order valence-electron chi connectivity index (χ1n) is 8.12. The SMILES string of the molecule is Cn1ccc(CN2CC(C3CC3)NCC2(C)C2CC2)n1. The Labute approximate surface area is 121 Å². The Morgan fingerprint density at radius 1 is 1.35 bits per heavy atom. The van der Waals surface area contributed by atoms with Crippen LogP contribution < -0.4 is 5.32 Å². The Morgan fingerprint density at radius 2 is 2.15 bits per heavy atom. The molecule has 2 saturated carbocycles. The van der Waals surface area contributed by atoms with Crippen molar-refractivity contribution in [3.8, 4) is 0 Å². The van der Waals surface area contributed by atoms with E-state index in [2.05, 4.69) is 34.5 Å². The number of piperazine rings is 1. The average molecular weight is 274 g/mol. The van der Waals surface area contributed by atoms with E-state index >= 15 is 0 Å². The van der Waals surface area contributed by atoms with Crippen LogP contribution in [0.25, 0.3) is 0 Å². The van der Waals surface area contributed by atoms with Crippen LogP contribution in [0.5, 0.6) is 0 Å². The topological polar surface area (TPSA) is 33.1 Å². The largest absolute Gasteiger partial charge is 0.311 e. The fraction of sp³-hybridized carbons (Fsp3) is 0.812. The van der Waals surface area contributed by atoms with Crippen LogP contribution >= 0.6 is 0 Å². The van der Waals surface area contributed by atoms with E-state index in [0.29, 0.717) is 11.6 Å². The first-order valence-corrected chi connectivity index (χ1v) is 8.12. The van der Waals surface area contributed by atoms with Gasteiger partial charge in [0.15, 0.2) is 0 Å². The molecule has 2 heterocycles. The number of nitrogens with zero attached hydrogens (tertiary/aromatic N) is 3. The highest BCUT2D eigenvalue weighted by atomic mass is 15.3. The molecular formula is C16H26N4. The maximum atomic E-state index is 4.59. The zero-order valence-electron chi connectivity index (χ0n) is 12.7. The fourth-order valence-electron chi connectivity index (χ4n) is 3.87. The van der Waals surface area contributed by atoms with Gasteiger partial charge in [-0.2, -0.15) is 5.10 Å². The van der Waals surface area contributed by atoms with Crippen LogP contribution in [0, 0.1) is 11.8 Å². The summed E-state index contributed by atoms with van der Waals surface area (Å²) in [5.41, 5.74) is 1.55. The number of hydrogen-bond acceptors (Lipinski definition) is 3. The van der Waals surface area contributed by atoms with Crippen molar-refractivity contribution in [3.63, 3.8) is 0 Å². The molecule has 0 spiro atoms. The van der Waals surface area contributed by atoms with Gasteiger partial charge in [0.1, 0.15) is 0 Å². The van der Waals surface area contributed by atoms with Crippen LogP contribution in [-0.2, 0) is 13.6 Å². The van der Waals surface area contributed by atoms with Crippen molar-refractivity contribution in [1.29, 1.82) is 0 Å². The minimum Gasteiger partial charge on any atom is -0.311 e. The van der Waals surface area contributed by atoms with Gasteiger partial charge in [0.05, 0.1) is 5.69 Å². The number of aromatic nitrogens is 2. The molecule has 0 amide bonds. The molecule has 4 heteroatoms. The number of aryl methyl sites for hydroxylation is 1. The quantitative estimate of drug-likeness (QED) is 0.908. The lowest BCUT2D eigenvalue weighted by molar-refractivity contribution is 0.0224. The highest BCUT2D eigenvalue weighted by molar-refractivity contribution is 5.09. The van der Waals surface area contributed by atoms with E-state index in [1.165, 1.54) is 37.9 Å². The predicted molar refractivity (Wildman–Crippen MR) is 79.3 cm³/mol. The van der Waals surface area contributed by atoms with Gasteiger partial charge in [-0.25, -0.2) is 0 Å². The van der Waals surface area contributed by atoms with Crippen LogP contribution in [0.2, 0.25) is 0 Å². The molecule has 1 aromatic rings. The molecule has 2 aliphatic carbocycles. The van der Waals surface area contributed by atoms with Gasteiger partial charge in [-0.3, -0.25) is 9.58 Å². The molecule has 0 aromatic carbocycles. The number of nitrogens with one attached hydrogen (secondary N) is 1. The Bertz CT molecular complexity index is 488. The van der Waals surface area contributed by atoms with Crippen LogP contribution in [0.3, 0.4) is 0 Å². The van der Waals surface area contributed by atoms with Gasteiger partial charge < -0.3 is 5.32 Å². The lowest BCUT2D eigenvalue weighted by Crippen LogP contribution is -2.64. The molecule has 1 N–H and O–H groups in total. The standard InChI is InChI=1S/C16H26N4/c1-16(13-5-6-13)11-17-15(12-3-4-12)10-20(16)9-14-7-8-19(2)18-14/h7-8,12-13,15,17H,3-6,9-11H2,1-2H3. The zero-order valence-corrected chi connectivity index (χ0v) is 12.7. The normalized spacial score (nSPS) is 35.4. The second-order valence-corrected chi connectivity index (χ2v) is 7.32. The minimum atomic E-state index is 0.336. The lowest BCUT2D eigenvalue weighted by atomic mass is 9.88. The van der Waals surface area contributed by atoms with Crippen molar-refractivity contribution in [1.82, 2.24) is 20.0 Å². The van der Waals surface area contributed by atoms with Crippen molar-refractivity contribution >= 4 is 0 Å². The molecule has 1 aliphatic heterocycles. The summed E-state index contributed by atoms with van der Waals surface area (Å²) < 4.78 is 1.92. The van der Waals surface area contributed by atoms with E-state index in [0.717, 1.165) is 24.9 Å². The summed E-state index contributed by atoms with van der Waals surface area (Å²) in [6.45, 7) is 5.84. The minimum absolute atomic E-state index is 0.336. The van der Waals surface area contributed by atoms with Gasteiger partial charge in [-0.05, 0) is 50.5 Å². The van der Waals surface area contributed by atoms with E-state index in [9.17, 15) is 0 Å². The van der Waals surface area contributed by atoms with Gasteiger partial charge in [-0.1, -0.05) is 0 Å². The lowest BCUT2D eigenvalue weighted by Gasteiger charge is -2.48. The van der Waals surface area contributed by atoms with E-state index in [1.807, 2.05) is 11.7 Å². The molecule has 3 fully saturated rings. The molecule has 1 saturated heterocycles. The fourth-order valence-corrected chi connectivity index (χ4v) is 3.87. The molecular weight excluding hydrogens is 248 g/mol. The zero-order chi connectivity index (χ0) is 13.7. The molecule has 4 nitrogen and oxygen atoms in total. The molecule has 110 valence electrons. The van der Waals surface area contributed by atoms with Gasteiger partial charge >= 0.3 is 0 Å². The molecule has 1 aromatic heterocycles. The summed E-state index contributed by atoms with van der Waals surface area (Å²) in [5.74, 6) is 1.82. The highest BCUT2D eigenvalue weighted by Crippen LogP contribution is 2.46. The Kier molecular flexibility index (Phi) is 2.93. The summed E-state index contributed by atoms with van der Waals surface area (Å²) >= 11 is 0. The third-order valence-corrected chi connectivity index (χ3v) is 5.63. The molecule has 3 aliphatic rings. The van der Waals surface area contributed by atoms with Crippen LogP contribution in [-0.4, -0.2) is 39.4 Å². The number of rotatable bonds is 4. The second-order valence-electron chi connectivity index (χ2n) is 7.32. The van der Waals surface area contributed by atoms with Gasteiger partial charge in [-0.15, -0.1) is 0 Å². The molecule has 0 radical (unpaired) electrons.